The molecule has 1 aliphatic rings. The Morgan fingerprint density at radius 3 is 2.78 bits per heavy atom. The molecule has 1 atom stereocenters. The van der Waals surface area contributed by atoms with E-state index in [0.717, 1.165) is 19.4 Å². The molecule has 1 aliphatic heterocycles. The summed E-state index contributed by atoms with van der Waals surface area (Å²) < 4.78 is 24.1. The van der Waals surface area contributed by atoms with Crippen molar-refractivity contribution in [3.8, 4) is 22.8 Å². The number of halogens is 1. The number of nitrogens with zero attached hydrogens (tertiary/aromatic N) is 2. The molecule has 0 unspecified atom stereocenters. The zero-order valence-electron chi connectivity index (χ0n) is 14.5. The van der Waals surface area contributed by atoms with Gasteiger partial charge in [0, 0.05) is 29.8 Å². The SMILES string of the molecule is O=C(NC[C@H]1CCCO1)c1ccc(-c2nc(-c3cccc(F)c3)no2)cc1. The van der Waals surface area contributed by atoms with Crippen LogP contribution in [0.25, 0.3) is 22.8 Å². The molecule has 1 saturated heterocycles. The summed E-state index contributed by atoms with van der Waals surface area (Å²) in [5.41, 5.74) is 1.76. The normalized spacial score (nSPS) is 16.4. The molecule has 6 nitrogen and oxygen atoms in total. The zero-order valence-corrected chi connectivity index (χ0v) is 14.5. The largest absolute Gasteiger partial charge is 0.376 e. The topological polar surface area (TPSA) is 77.2 Å². The lowest BCUT2D eigenvalue weighted by Crippen LogP contribution is -2.31. The van der Waals surface area contributed by atoms with Crippen molar-refractivity contribution in [1.82, 2.24) is 15.5 Å². The molecule has 4 rings (SSSR count). The highest BCUT2D eigenvalue weighted by Gasteiger charge is 2.17. The summed E-state index contributed by atoms with van der Waals surface area (Å²) in [6.45, 7) is 1.28. The van der Waals surface area contributed by atoms with Gasteiger partial charge in [0.2, 0.25) is 5.82 Å². The second kappa shape index (κ2) is 7.67. The van der Waals surface area contributed by atoms with Gasteiger partial charge in [-0.15, -0.1) is 0 Å². The smallest absolute Gasteiger partial charge is 0.258 e. The van der Waals surface area contributed by atoms with Crippen LogP contribution in [0.2, 0.25) is 0 Å². The van der Waals surface area contributed by atoms with E-state index < -0.39 is 0 Å². The van der Waals surface area contributed by atoms with Crippen molar-refractivity contribution < 1.29 is 18.4 Å². The Kier molecular flexibility index (Phi) is 4.93. The van der Waals surface area contributed by atoms with Crippen LogP contribution in [-0.2, 0) is 4.74 Å². The molecular weight excluding hydrogens is 349 g/mol. The number of carbonyl (C=O) groups is 1. The number of nitrogens with one attached hydrogen (secondary N) is 1. The minimum Gasteiger partial charge on any atom is -0.376 e. The highest BCUT2D eigenvalue weighted by Crippen LogP contribution is 2.23. The van der Waals surface area contributed by atoms with Crippen molar-refractivity contribution in [1.29, 1.82) is 0 Å². The first-order valence-electron chi connectivity index (χ1n) is 8.79. The van der Waals surface area contributed by atoms with E-state index in [9.17, 15) is 9.18 Å². The van der Waals surface area contributed by atoms with E-state index in [1.165, 1.54) is 12.1 Å². The molecular formula is C20H18FN3O3. The average Bonchev–Trinajstić information content (AvgIpc) is 3.38. The first-order chi connectivity index (χ1) is 13.2. The highest BCUT2D eigenvalue weighted by atomic mass is 19.1. The summed E-state index contributed by atoms with van der Waals surface area (Å²) in [5.74, 6) is 0.101. The molecule has 0 radical (unpaired) electrons. The molecule has 2 heterocycles. The van der Waals surface area contributed by atoms with Crippen LogP contribution in [0.1, 0.15) is 23.2 Å². The molecule has 1 fully saturated rings. The Bertz CT molecular complexity index is 934. The summed E-state index contributed by atoms with van der Waals surface area (Å²) >= 11 is 0. The van der Waals surface area contributed by atoms with E-state index in [-0.39, 0.29) is 17.8 Å². The number of hydrogen-bond donors (Lipinski definition) is 1. The predicted molar refractivity (Wildman–Crippen MR) is 96.4 cm³/mol. The van der Waals surface area contributed by atoms with Crippen LogP contribution in [-0.4, -0.2) is 35.3 Å². The number of aromatic nitrogens is 2. The fourth-order valence-corrected chi connectivity index (χ4v) is 2.96. The quantitative estimate of drug-likeness (QED) is 0.747. The van der Waals surface area contributed by atoms with Crippen LogP contribution < -0.4 is 5.32 Å². The third-order valence-electron chi connectivity index (χ3n) is 4.42. The molecule has 138 valence electrons. The van der Waals surface area contributed by atoms with Crippen LogP contribution in [0, 0.1) is 5.82 Å². The molecule has 1 amide bonds. The van der Waals surface area contributed by atoms with E-state index >= 15 is 0 Å². The first kappa shape index (κ1) is 17.4. The van der Waals surface area contributed by atoms with E-state index in [4.69, 9.17) is 9.26 Å². The molecule has 27 heavy (non-hydrogen) atoms. The lowest BCUT2D eigenvalue weighted by atomic mass is 10.1. The summed E-state index contributed by atoms with van der Waals surface area (Å²) in [4.78, 5) is 16.5. The van der Waals surface area contributed by atoms with Crippen molar-refractivity contribution >= 4 is 5.91 Å². The number of amides is 1. The number of hydrogen-bond acceptors (Lipinski definition) is 5. The van der Waals surface area contributed by atoms with E-state index in [2.05, 4.69) is 15.5 Å². The van der Waals surface area contributed by atoms with E-state index in [1.54, 1.807) is 36.4 Å². The molecule has 0 saturated carbocycles. The third-order valence-corrected chi connectivity index (χ3v) is 4.42. The Balaban J connectivity index is 1.43. The van der Waals surface area contributed by atoms with Gasteiger partial charge >= 0.3 is 0 Å². The second-order valence-corrected chi connectivity index (χ2v) is 6.36. The van der Waals surface area contributed by atoms with Gasteiger partial charge in [-0.2, -0.15) is 4.98 Å². The van der Waals surface area contributed by atoms with Gasteiger partial charge in [0.05, 0.1) is 6.10 Å². The van der Waals surface area contributed by atoms with Crippen molar-refractivity contribution in [3.05, 3.63) is 59.9 Å². The maximum Gasteiger partial charge on any atom is 0.258 e. The van der Waals surface area contributed by atoms with Crippen molar-refractivity contribution in [2.75, 3.05) is 13.2 Å². The molecule has 7 heteroatoms. The minimum absolute atomic E-state index is 0.105. The zero-order chi connectivity index (χ0) is 18.6. The van der Waals surface area contributed by atoms with Gasteiger partial charge in [-0.05, 0) is 49.2 Å². The number of carbonyl (C=O) groups excluding carboxylic acids is 1. The van der Waals surface area contributed by atoms with Crippen LogP contribution in [0.4, 0.5) is 4.39 Å². The molecule has 0 aliphatic carbocycles. The van der Waals surface area contributed by atoms with Gasteiger partial charge in [0.1, 0.15) is 5.82 Å². The fraction of sp³-hybridized carbons (Fsp3) is 0.250. The van der Waals surface area contributed by atoms with E-state index in [1.807, 2.05) is 0 Å². The molecule has 3 aromatic rings. The molecule has 0 bridgehead atoms. The van der Waals surface area contributed by atoms with Gasteiger partial charge in [0.15, 0.2) is 0 Å². The van der Waals surface area contributed by atoms with Crippen LogP contribution in [0.15, 0.2) is 53.1 Å². The summed E-state index contributed by atoms with van der Waals surface area (Å²) in [6, 6.07) is 12.9. The third kappa shape index (κ3) is 4.03. The molecule has 2 aromatic carbocycles. The number of benzene rings is 2. The average molecular weight is 367 g/mol. The summed E-state index contributed by atoms with van der Waals surface area (Å²) in [7, 11) is 0. The molecule has 1 aromatic heterocycles. The highest BCUT2D eigenvalue weighted by molar-refractivity contribution is 5.94. The predicted octanol–water partition coefficient (Wildman–Crippen LogP) is 3.45. The lowest BCUT2D eigenvalue weighted by Gasteiger charge is -2.10. The number of ether oxygens (including phenoxy) is 1. The van der Waals surface area contributed by atoms with Crippen LogP contribution >= 0.6 is 0 Å². The van der Waals surface area contributed by atoms with Crippen molar-refractivity contribution in [3.63, 3.8) is 0 Å². The van der Waals surface area contributed by atoms with Crippen molar-refractivity contribution in [2.24, 2.45) is 0 Å². The first-order valence-corrected chi connectivity index (χ1v) is 8.79. The van der Waals surface area contributed by atoms with Gasteiger partial charge in [-0.3, -0.25) is 4.79 Å². The molecule has 0 spiro atoms. The van der Waals surface area contributed by atoms with Crippen LogP contribution in [0.3, 0.4) is 0 Å². The Labute approximate surface area is 155 Å². The fourth-order valence-electron chi connectivity index (χ4n) is 2.96. The monoisotopic (exact) mass is 367 g/mol. The van der Waals surface area contributed by atoms with Crippen molar-refractivity contribution in [2.45, 2.75) is 18.9 Å². The Morgan fingerprint density at radius 1 is 1.19 bits per heavy atom. The van der Waals surface area contributed by atoms with Gasteiger partial charge in [0.25, 0.3) is 11.8 Å². The minimum atomic E-state index is -0.364. The van der Waals surface area contributed by atoms with E-state index in [0.29, 0.717) is 35.0 Å². The maximum absolute atomic E-state index is 13.3. The second-order valence-electron chi connectivity index (χ2n) is 6.36. The Hall–Kier alpha value is -3.06. The molecule has 1 N–H and O–H groups in total. The van der Waals surface area contributed by atoms with Crippen LogP contribution in [0.5, 0.6) is 0 Å². The summed E-state index contributed by atoms with van der Waals surface area (Å²) in [5, 5.41) is 6.77. The summed E-state index contributed by atoms with van der Waals surface area (Å²) in [6.07, 6.45) is 2.12. The standard InChI is InChI=1S/C20H18FN3O3/c21-16-4-1-3-15(11-16)18-23-20(27-24-18)14-8-6-13(7-9-14)19(25)22-12-17-5-2-10-26-17/h1,3-4,6-9,11,17H,2,5,10,12H2,(H,22,25)/t17-/m1/s1. The lowest BCUT2D eigenvalue weighted by molar-refractivity contribution is 0.0858. The van der Waals surface area contributed by atoms with Gasteiger partial charge in [-0.1, -0.05) is 17.3 Å². The number of rotatable bonds is 5. The Morgan fingerprint density at radius 2 is 2.04 bits per heavy atom. The van der Waals surface area contributed by atoms with Gasteiger partial charge in [-0.25, -0.2) is 4.39 Å². The van der Waals surface area contributed by atoms with Gasteiger partial charge < -0.3 is 14.6 Å². The maximum atomic E-state index is 13.3.